The molecule has 7 nitrogen and oxygen atoms in total. The Morgan fingerprint density at radius 1 is 1.15 bits per heavy atom. The van der Waals surface area contributed by atoms with E-state index in [2.05, 4.69) is 10.0 Å². The monoisotopic (exact) mass is 392 g/mol. The Labute approximate surface area is 159 Å². The molecule has 0 saturated heterocycles. The highest BCUT2D eigenvalue weighted by Gasteiger charge is 2.23. The van der Waals surface area contributed by atoms with Gasteiger partial charge in [-0.05, 0) is 31.7 Å². The Morgan fingerprint density at radius 2 is 1.85 bits per heavy atom. The van der Waals surface area contributed by atoms with Crippen molar-refractivity contribution in [3.63, 3.8) is 0 Å². The second-order valence-electron chi connectivity index (χ2n) is 5.74. The Kier molecular flexibility index (Phi) is 7.20. The molecule has 0 bridgehead atoms. The molecule has 0 saturated carbocycles. The van der Waals surface area contributed by atoms with Crippen molar-refractivity contribution >= 4 is 21.7 Å². The van der Waals surface area contributed by atoms with Crippen LogP contribution in [0.1, 0.15) is 30.1 Å². The van der Waals surface area contributed by atoms with E-state index in [1.54, 1.807) is 24.3 Å². The predicted molar refractivity (Wildman–Crippen MR) is 104 cm³/mol. The highest BCUT2D eigenvalue weighted by molar-refractivity contribution is 7.89. The van der Waals surface area contributed by atoms with Gasteiger partial charge in [0.1, 0.15) is 5.75 Å². The van der Waals surface area contributed by atoms with Gasteiger partial charge in [0.15, 0.2) is 5.75 Å². The number of benzene rings is 2. The normalized spacial score (nSPS) is 11.1. The number of esters is 1. The summed E-state index contributed by atoms with van der Waals surface area (Å²) in [6.45, 7) is 2.65. The average Bonchev–Trinajstić information content (AvgIpc) is 2.69. The molecule has 0 fully saturated rings. The second kappa shape index (κ2) is 9.38. The summed E-state index contributed by atoms with van der Waals surface area (Å²) in [7, 11) is -1.24. The van der Waals surface area contributed by atoms with Gasteiger partial charge in [-0.15, -0.1) is 0 Å². The van der Waals surface area contributed by atoms with Crippen molar-refractivity contribution in [3.05, 3.63) is 48.0 Å². The highest BCUT2D eigenvalue weighted by Crippen LogP contribution is 2.36. The summed E-state index contributed by atoms with van der Waals surface area (Å²) in [5.74, 6) is 0.0972. The molecule has 0 spiro atoms. The Morgan fingerprint density at radius 3 is 2.44 bits per heavy atom. The van der Waals surface area contributed by atoms with Crippen molar-refractivity contribution < 1.29 is 22.7 Å². The van der Waals surface area contributed by atoms with Crippen LogP contribution in [0.5, 0.6) is 11.5 Å². The van der Waals surface area contributed by atoms with Crippen LogP contribution in [-0.4, -0.2) is 35.1 Å². The first-order chi connectivity index (χ1) is 12.9. The minimum absolute atomic E-state index is 0.0858. The second-order valence-corrected chi connectivity index (χ2v) is 7.63. The molecule has 0 unspecified atom stereocenters. The first kappa shape index (κ1) is 20.7. The molecule has 0 radical (unpaired) electrons. The summed E-state index contributed by atoms with van der Waals surface area (Å²) in [5.41, 5.74) is 0.491. The average molecular weight is 392 g/mol. The standard InChI is InChI=1S/C19H24N2O5S/c1-4-5-11-21-18-16(19(22)25-3)12-15(27(23,24)20-2)13-17(18)26-14-9-7-6-8-10-14/h6-10,12-13,20-21H,4-5,11H2,1-3H3. The molecule has 0 aliphatic rings. The fourth-order valence-corrected chi connectivity index (χ4v) is 3.17. The zero-order chi connectivity index (χ0) is 19.9. The number of sulfonamides is 1. The SMILES string of the molecule is CCCCNc1c(Oc2ccccc2)cc(S(=O)(=O)NC)cc1C(=O)OC. The number of ether oxygens (including phenoxy) is 2. The summed E-state index contributed by atoms with van der Waals surface area (Å²) >= 11 is 0. The smallest absolute Gasteiger partial charge is 0.340 e. The van der Waals surface area contributed by atoms with Crippen LogP contribution in [0, 0.1) is 0 Å². The Bertz CT molecular complexity index is 882. The Balaban J connectivity index is 2.62. The summed E-state index contributed by atoms with van der Waals surface area (Å²) in [6, 6.07) is 11.6. The van der Waals surface area contributed by atoms with Crippen LogP contribution in [0.3, 0.4) is 0 Å². The van der Waals surface area contributed by atoms with E-state index >= 15 is 0 Å². The third-order valence-electron chi connectivity index (χ3n) is 3.86. The number of hydrogen-bond acceptors (Lipinski definition) is 6. The van der Waals surface area contributed by atoms with E-state index < -0.39 is 16.0 Å². The fourth-order valence-electron chi connectivity index (χ4n) is 2.40. The van der Waals surface area contributed by atoms with Gasteiger partial charge in [0.25, 0.3) is 0 Å². The van der Waals surface area contributed by atoms with E-state index in [9.17, 15) is 13.2 Å². The summed E-state index contributed by atoms with van der Waals surface area (Å²) in [4.78, 5) is 12.2. The summed E-state index contributed by atoms with van der Waals surface area (Å²) < 4.78 is 37.6. The van der Waals surface area contributed by atoms with Gasteiger partial charge in [0.05, 0.1) is 23.3 Å². The van der Waals surface area contributed by atoms with Crippen molar-refractivity contribution in [1.82, 2.24) is 4.72 Å². The van der Waals surface area contributed by atoms with Crippen LogP contribution in [0.2, 0.25) is 0 Å². The summed E-state index contributed by atoms with van der Waals surface area (Å²) in [5, 5.41) is 3.17. The number of hydrogen-bond donors (Lipinski definition) is 2. The number of unbranched alkanes of at least 4 members (excludes halogenated alkanes) is 1. The third-order valence-corrected chi connectivity index (χ3v) is 5.26. The molecular formula is C19H24N2O5S. The van der Waals surface area contributed by atoms with Crippen LogP contribution in [0.4, 0.5) is 5.69 Å². The molecular weight excluding hydrogens is 368 g/mol. The molecule has 146 valence electrons. The van der Waals surface area contributed by atoms with Crippen molar-refractivity contribution in [2.45, 2.75) is 24.7 Å². The number of carbonyl (C=O) groups excluding carboxylic acids is 1. The minimum atomic E-state index is -3.78. The van der Waals surface area contributed by atoms with Crippen molar-refractivity contribution in [2.75, 3.05) is 26.0 Å². The maximum atomic E-state index is 12.3. The predicted octanol–water partition coefficient (Wildman–Crippen LogP) is 3.39. The molecule has 0 heterocycles. The van der Waals surface area contributed by atoms with E-state index in [4.69, 9.17) is 9.47 Å². The quantitative estimate of drug-likeness (QED) is 0.502. The van der Waals surface area contributed by atoms with E-state index in [0.717, 1.165) is 12.8 Å². The molecule has 2 rings (SSSR count). The highest BCUT2D eigenvalue weighted by atomic mass is 32.2. The maximum absolute atomic E-state index is 12.3. The summed E-state index contributed by atoms with van der Waals surface area (Å²) in [6.07, 6.45) is 1.84. The van der Waals surface area contributed by atoms with Crippen LogP contribution in [0.25, 0.3) is 0 Å². The molecule has 0 aliphatic heterocycles. The molecule has 2 N–H and O–H groups in total. The van der Waals surface area contributed by atoms with Gasteiger partial charge in [-0.2, -0.15) is 0 Å². The molecule has 0 aromatic heterocycles. The van der Waals surface area contributed by atoms with Gasteiger partial charge in [-0.25, -0.2) is 17.9 Å². The lowest BCUT2D eigenvalue weighted by atomic mass is 10.1. The lowest BCUT2D eigenvalue weighted by Gasteiger charge is -2.18. The van der Waals surface area contributed by atoms with Crippen molar-refractivity contribution in [1.29, 1.82) is 0 Å². The number of carbonyl (C=O) groups is 1. The van der Waals surface area contributed by atoms with Crippen LogP contribution in [-0.2, 0) is 14.8 Å². The molecule has 0 amide bonds. The number of methoxy groups -OCH3 is 1. The third kappa shape index (κ3) is 5.21. The zero-order valence-corrected chi connectivity index (χ0v) is 16.4. The zero-order valence-electron chi connectivity index (χ0n) is 15.6. The van der Waals surface area contributed by atoms with E-state index in [1.165, 1.54) is 26.3 Å². The number of anilines is 1. The lowest BCUT2D eigenvalue weighted by molar-refractivity contribution is 0.0601. The van der Waals surface area contributed by atoms with Gasteiger partial charge < -0.3 is 14.8 Å². The van der Waals surface area contributed by atoms with Gasteiger partial charge >= 0.3 is 5.97 Å². The van der Waals surface area contributed by atoms with E-state index in [-0.39, 0.29) is 16.2 Å². The van der Waals surface area contributed by atoms with E-state index in [1.807, 2.05) is 13.0 Å². The first-order valence-corrected chi connectivity index (χ1v) is 10.1. The Hall–Kier alpha value is -2.58. The number of nitrogens with one attached hydrogen (secondary N) is 2. The van der Waals surface area contributed by atoms with Gasteiger partial charge in [0.2, 0.25) is 10.0 Å². The largest absolute Gasteiger partial charge is 0.465 e. The molecule has 8 heteroatoms. The maximum Gasteiger partial charge on any atom is 0.340 e. The molecule has 2 aromatic carbocycles. The van der Waals surface area contributed by atoms with E-state index in [0.29, 0.717) is 18.0 Å². The van der Waals surface area contributed by atoms with Gasteiger partial charge in [-0.1, -0.05) is 31.5 Å². The first-order valence-electron chi connectivity index (χ1n) is 8.59. The molecule has 2 aromatic rings. The number of rotatable bonds is 9. The van der Waals surface area contributed by atoms with Crippen LogP contribution >= 0.6 is 0 Å². The molecule has 0 aliphatic carbocycles. The topological polar surface area (TPSA) is 93.7 Å². The minimum Gasteiger partial charge on any atom is -0.465 e. The molecule has 27 heavy (non-hydrogen) atoms. The lowest BCUT2D eigenvalue weighted by Crippen LogP contribution is -2.20. The van der Waals surface area contributed by atoms with Crippen molar-refractivity contribution in [2.24, 2.45) is 0 Å². The fraction of sp³-hybridized carbons (Fsp3) is 0.316. The number of para-hydroxylation sites is 1. The molecule has 0 atom stereocenters. The van der Waals surface area contributed by atoms with Gasteiger partial charge in [-0.3, -0.25) is 0 Å². The van der Waals surface area contributed by atoms with Gasteiger partial charge in [0, 0.05) is 12.6 Å². The van der Waals surface area contributed by atoms with Crippen LogP contribution in [0.15, 0.2) is 47.4 Å². The van der Waals surface area contributed by atoms with Crippen molar-refractivity contribution in [3.8, 4) is 11.5 Å². The van der Waals surface area contributed by atoms with Crippen LogP contribution < -0.4 is 14.8 Å².